The molecule has 29 heavy (non-hydrogen) atoms. The first-order valence-electron chi connectivity index (χ1n) is 9.73. The number of ether oxygens (including phenoxy) is 3. The van der Waals surface area contributed by atoms with Crippen molar-refractivity contribution in [1.82, 2.24) is 5.32 Å². The summed E-state index contributed by atoms with van der Waals surface area (Å²) in [4.78, 5) is 14.6. The standard InChI is InChI=1S/C22H29N3O4/c1-25-11-5-6-16-12-15(7-8-18(16)25)9-10-23-22(26)24-17-13-19(27-2)21(29-4)20(14-17)28-3/h7-8,12-14H,5-6,9-11H2,1-4H3,(H2,23,24,26). The number of aryl methyl sites for hydroxylation is 1. The van der Waals surface area contributed by atoms with E-state index in [1.54, 1.807) is 19.2 Å². The van der Waals surface area contributed by atoms with Crippen LogP contribution in [0.15, 0.2) is 30.3 Å². The highest BCUT2D eigenvalue weighted by Gasteiger charge is 2.15. The maximum absolute atomic E-state index is 12.3. The molecule has 0 radical (unpaired) electrons. The Labute approximate surface area is 171 Å². The summed E-state index contributed by atoms with van der Waals surface area (Å²) in [5.41, 5.74) is 4.49. The molecule has 0 unspecified atom stereocenters. The molecule has 2 amide bonds. The van der Waals surface area contributed by atoms with E-state index in [1.807, 2.05) is 0 Å². The quantitative estimate of drug-likeness (QED) is 0.746. The molecule has 2 aromatic carbocycles. The lowest BCUT2D eigenvalue weighted by Crippen LogP contribution is -2.30. The molecule has 2 aromatic rings. The second-order valence-corrected chi connectivity index (χ2v) is 7.03. The van der Waals surface area contributed by atoms with E-state index in [1.165, 1.54) is 37.5 Å². The van der Waals surface area contributed by atoms with E-state index in [-0.39, 0.29) is 6.03 Å². The van der Waals surface area contributed by atoms with Crippen LogP contribution >= 0.6 is 0 Å². The highest BCUT2D eigenvalue weighted by atomic mass is 16.5. The number of hydrogen-bond acceptors (Lipinski definition) is 5. The maximum atomic E-state index is 12.3. The number of anilines is 2. The zero-order valence-electron chi connectivity index (χ0n) is 17.5. The van der Waals surface area contributed by atoms with Gasteiger partial charge in [0, 0.05) is 38.0 Å². The van der Waals surface area contributed by atoms with Crippen LogP contribution in [-0.4, -0.2) is 47.5 Å². The molecule has 0 atom stereocenters. The van der Waals surface area contributed by atoms with Gasteiger partial charge in [0.1, 0.15) is 0 Å². The normalized spacial score (nSPS) is 12.8. The molecule has 0 fully saturated rings. The van der Waals surface area contributed by atoms with Gasteiger partial charge < -0.3 is 29.7 Å². The number of nitrogens with zero attached hydrogens (tertiary/aromatic N) is 1. The molecule has 0 spiro atoms. The Morgan fingerprint density at radius 3 is 2.45 bits per heavy atom. The molecule has 1 aliphatic heterocycles. The topological polar surface area (TPSA) is 72.1 Å². The Kier molecular flexibility index (Phi) is 6.69. The minimum atomic E-state index is -0.281. The number of carbonyl (C=O) groups excluding carboxylic acids is 1. The fraction of sp³-hybridized carbons (Fsp3) is 0.409. The molecular formula is C22H29N3O4. The number of hydrogen-bond donors (Lipinski definition) is 2. The Bertz CT molecular complexity index is 844. The summed E-state index contributed by atoms with van der Waals surface area (Å²) in [6, 6.07) is 9.68. The van der Waals surface area contributed by atoms with Gasteiger partial charge in [-0.15, -0.1) is 0 Å². The first-order chi connectivity index (χ1) is 14.0. The maximum Gasteiger partial charge on any atom is 0.319 e. The average Bonchev–Trinajstić information content (AvgIpc) is 2.73. The molecule has 3 rings (SSSR count). The first-order valence-corrected chi connectivity index (χ1v) is 9.73. The highest BCUT2D eigenvalue weighted by Crippen LogP contribution is 2.39. The van der Waals surface area contributed by atoms with Gasteiger partial charge in [0.2, 0.25) is 5.75 Å². The molecule has 0 saturated carbocycles. The third kappa shape index (κ3) is 4.85. The average molecular weight is 399 g/mol. The van der Waals surface area contributed by atoms with E-state index in [0.717, 1.165) is 19.4 Å². The van der Waals surface area contributed by atoms with E-state index in [4.69, 9.17) is 14.2 Å². The van der Waals surface area contributed by atoms with Gasteiger partial charge in [-0.1, -0.05) is 12.1 Å². The van der Waals surface area contributed by atoms with Crippen molar-refractivity contribution >= 4 is 17.4 Å². The van der Waals surface area contributed by atoms with E-state index < -0.39 is 0 Å². The summed E-state index contributed by atoms with van der Waals surface area (Å²) in [6.45, 7) is 1.65. The van der Waals surface area contributed by atoms with Crippen LogP contribution in [0, 0.1) is 0 Å². The van der Waals surface area contributed by atoms with Crippen molar-refractivity contribution < 1.29 is 19.0 Å². The number of rotatable bonds is 7. The molecule has 0 aromatic heterocycles. The van der Waals surface area contributed by atoms with Crippen molar-refractivity contribution in [2.75, 3.05) is 51.7 Å². The van der Waals surface area contributed by atoms with E-state index in [2.05, 4.69) is 40.8 Å². The summed E-state index contributed by atoms with van der Waals surface area (Å²) in [5.74, 6) is 1.46. The molecular weight excluding hydrogens is 370 g/mol. The first kappa shape index (κ1) is 20.6. The van der Waals surface area contributed by atoms with Crippen LogP contribution in [0.2, 0.25) is 0 Å². The van der Waals surface area contributed by atoms with E-state index in [0.29, 0.717) is 29.5 Å². The third-order valence-electron chi connectivity index (χ3n) is 5.12. The molecule has 0 aliphatic carbocycles. The summed E-state index contributed by atoms with van der Waals surface area (Å²) in [7, 11) is 6.75. The smallest absolute Gasteiger partial charge is 0.319 e. The fourth-order valence-corrected chi connectivity index (χ4v) is 3.64. The third-order valence-corrected chi connectivity index (χ3v) is 5.12. The fourth-order valence-electron chi connectivity index (χ4n) is 3.64. The van der Waals surface area contributed by atoms with E-state index in [9.17, 15) is 4.79 Å². The largest absolute Gasteiger partial charge is 0.493 e. The Hall–Kier alpha value is -3.09. The Morgan fingerprint density at radius 1 is 1.07 bits per heavy atom. The second kappa shape index (κ2) is 9.41. The molecule has 1 aliphatic rings. The van der Waals surface area contributed by atoms with Gasteiger partial charge in [-0.2, -0.15) is 0 Å². The van der Waals surface area contributed by atoms with Crippen molar-refractivity contribution in [2.45, 2.75) is 19.3 Å². The van der Waals surface area contributed by atoms with Crippen LogP contribution < -0.4 is 29.7 Å². The summed E-state index contributed by atoms with van der Waals surface area (Å²) < 4.78 is 15.9. The van der Waals surface area contributed by atoms with Gasteiger partial charge in [0.05, 0.1) is 27.0 Å². The lowest BCUT2D eigenvalue weighted by molar-refractivity contribution is 0.252. The van der Waals surface area contributed by atoms with Crippen LogP contribution in [0.3, 0.4) is 0 Å². The van der Waals surface area contributed by atoms with Crippen LogP contribution in [0.4, 0.5) is 16.2 Å². The predicted molar refractivity (Wildman–Crippen MR) is 115 cm³/mol. The number of urea groups is 1. The van der Waals surface area contributed by atoms with Crippen molar-refractivity contribution in [1.29, 1.82) is 0 Å². The van der Waals surface area contributed by atoms with Crippen LogP contribution in [0.25, 0.3) is 0 Å². The number of carbonyl (C=O) groups is 1. The van der Waals surface area contributed by atoms with Gasteiger partial charge >= 0.3 is 6.03 Å². The van der Waals surface area contributed by atoms with Crippen LogP contribution in [0.5, 0.6) is 17.2 Å². The minimum Gasteiger partial charge on any atom is -0.493 e. The van der Waals surface area contributed by atoms with Gasteiger partial charge in [0.25, 0.3) is 0 Å². The molecule has 156 valence electrons. The number of methoxy groups -OCH3 is 3. The SMILES string of the molecule is COc1cc(NC(=O)NCCc2ccc3c(c2)CCCN3C)cc(OC)c1OC. The van der Waals surface area contributed by atoms with Crippen molar-refractivity contribution in [2.24, 2.45) is 0 Å². The van der Waals surface area contributed by atoms with Gasteiger partial charge in [-0.25, -0.2) is 4.79 Å². The zero-order valence-corrected chi connectivity index (χ0v) is 17.5. The van der Waals surface area contributed by atoms with Gasteiger partial charge in [-0.05, 0) is 36.5 Å². The van der Waals surface area contributed by atoms with E-state index >= 15 is 0 Å². The number of amides is 2. The van der Waals surface area contributed by atoms with Crippen LogP contribution in [-0.2, 0) is 12.8 Å². The second-order valence-electron chi connectivity index (χ2n) is 7.03. The lowest BCUT2D eigenvalue weighted by atomic mass is 9.98. The van der Waals surface area contributed by atoms with Gasteiger partial charge in [-0.3, -0.25) is 0 Å². The zero-order chi connectivity index (χ0) is 20.8. The molecule has 0 saturated heterocycles. The lowest BCUT2D eigenvalue weighted by Gasteiger charge is -2.27. The molecule has 7 nitrogen and oxygen atoms in total. The number of fused-ring (bicyclic) bond motifs is 1. The molecule has 7 heteroatoms. The van der Waals surface area contributed by atoms with Gasteiger partial charge in [0.15, 0.2) is 11.5 Å². The monoisotopic (exact) mass is 399 g/mol. The van der Waals surface area contributed by atoms with Crippen molar-refractivity contribution in [3.05, 3.63) is 41.5 Å². The molecule has 2 N–H and O–H groups in total. The summed E-state index contributed by atoms with van der Waals surface area (Å²) in [6.07, 6.45) is 3.07. The highest BCUT2D eigenvalue weighted by molar-refractivity contribution is 5.90. The molecule has 1 heterocycles. The molecule has 0 bridgehead atoms. The predicted octanol–water partition coefficient (Wildman–Crippen LogP) is 3.46. The summed E-state index contributed by atoms with van der Waals surface area (Å²) in [5, 5.41) is 5.71. The van der Waals surface area contributed by atoms with Crippen molar-refractivity contribution in [3.63, 3.8) is 0 Å². The number of benzene rings is 2. The van der Waals surface area contributed by atoms with Crippen molar-refractivity contribution in [3.8, 4) is 17.2 Å². The van der Waals surface area contributed by atoms with Crippen LogP contribution in [0.1, 0.15) is 17.5 Å². The Morgan fingerprint density at radius 2 is 1.79 bits per heavy atom. The Balaban J connectivity index is 1.57. The minimum absolute atomic E-state index is 0.281. The number of nitrogens with one attached hydrogen (secondary N) is 2. The summed E-state index contributed by atoms with van der Waals surface area (Å²) >= 11 is 0.